The average molecular weight is 283 g/mol. The third kappa shape index (κ3) is 4.17. The van der Waals surface area contributed by atoms with Crippen molar-refractivity contribution >= 4 is 0 Å². The molecule has 0 aromatic carbocycles. The van der Waals surface area contributed by atoms with Gasteiger partial charge in [0, 0.05) is 44.4 Å². The van der Waals surface area contributed by atoms with Crippen LogP contribution in [0.3, 0.4) is 0 Å². The van der Waals surface area contributed by atoms with Crippen molar-refractivity contribution in [3.05, 3.63) is 0 Å². The lowest BCUT2D eigenvalue weighted by Crippen LogP contribution is -2.59. The molecule has 0 unspecified atom stereocenters. The molecule has 4 heteroatoms. The minimum atomic E-state index is 0.189. The number of hydrogen-bond acceptors (Lipinski definition) is 4. The topological polar surface area (TPSA) is 41.7 Å². The Bertz CT molecular complexity index is 283. The summed E-state index contributed by atoms with van der Waals surface area (Å²) in [4.78, 5) is 5.02. The van der Waals surface area contributed by atoms with Crippen molar-refractivity contribution in [2.75, 3.05) is 46.4 Å². The van der Waals surface area contributed by atoms with Crippen LogP contribution >= 0.6 is 0 Å². The summed E-state index contributed by atoms with van der Waals surface area (Å²) in [5, 5.41) is 0. The highest BCUT2D eigenvalue weighted by atomic mass is 16.5. The van der Waals surface area contributed by atoms with Crippen LogP contribution in [0.4, 0.5) is 0 Å². The van der Waals surface area contributed by atoms with Crippen LogP contribution in [0.1, 0.15) is 39.5 Å². The summed E-state index contributed by atoms with van der Waals surface area (Å²) >= 11 is 0. The smallest absolute Gasteiger partial charge is 0.0593 e. The minimum Gasteiger partial charge on any atom is -0.380 e. The van der Waals surface area contributed by atoms with Crippen molar-refractivity contribution in [1.29, 1.82) is 0 Å². The summed E-state index contributed by atoms with van der Waals surface area (Å²) in [5.41, 5.74) is 6.31. The third-order valence-electron chi connectivity index (χ3n) is 5.27. The Hall–Kier alpha value is -0.160. The van der Waals surface area contributed by atoms with Crippen LogP contribution in [-0.4, -0.2) is 67.8 Å². The molecule has 0 bridgehead atoms. The summed E-state index contributed by atoms with van der Waals surface area (Å²) in [6.07, 6.45) is 5.10. The standard InChI is InChI=1S/C16H33N3O/c1-14(2)19-8-6-16(13-17,7-9-19)18(3)10-11-20-12-15-4-5-15/h14-15H,4-13,17H2,1-3H3. The number of piperidine rings is 1. The van der Waals surface area contributed by atoms with Crippen molar-refractivity contribution in [1.82, 2.24) is 9.80 Å². The molecule has 2 rings (SSSR count). The molecular formula is C16H33N3O. The van der Waals surface area contributed by atoms with Crippen LogP contribution in [0.5, 0.6) is 0 Å². The summed E-state index contributed by atoms with van der Waals surface area (Å²) in [5.74, 6) is 0.859. The molecular weight excluding hydrogens is 250 g/mol. The number of likely N-dealkylation sites (N-methyl/N-ethyl adjacent to an activating group) is 1. The molecule has 0 radical (unpaired) electrons. The van der Waals surface area contributed by atoms with E-state index in [0.717, 1.165) is 32.2 Å². The van der Waals surface area contributed by atoms with Gasteiger partial charge >= 0.3 is 0 Å². The summed E-state index contributed by atoms with van der Waals surface area (Å²) in [7, 11) is 2.22. The fourth-order valence-electron chi connectivity index (χ4n) is 3.17. The molecule has 0 atom stereocenters. The van der Waals surface area contributed by atoms with Gasteiger partial charge in [0.25, 0.3) is 0 Å². The van der Waals surface area contributed by atoms with E-state index >= 15 is 0 Å². The first kappa shape index (κ1) is 16.2. The van der Waals surface area contributed by atoms with E-state index in [1.807, 2.05) is 0 Å². The quantitative estimate of drug-likeness (QED) is 0.686. The van der Waals surface area contributed by atoms with Gasteiger partial charge in [-0.3, -0.25) is 4.90 Å². The molecule has 0 amide bonds. The van der Waals surface area contributed by atoms with E-state index < -0.39 is 0 Å². The van der Waals surface area contributed by atoms with E-state index in [9.17, 15) is 0 Å². The van der Waals surface area contributed by atoms with E-state index in [2.05, 4.69) is 30.7 Å². The van der Waals surface area contributed by atoms with Crippen LogP contribution < -0.4 is 5.73 Å². The van der Waals surface area contributed by atoms with Gasteiger partial charge in [0.15, 0.2) is 0 Å². The highest BCUT2D eigenvalue weighted by Crippen LogP contribution is 2.29. The van der Waals surface area contributed by atoms with Gasteiger partial charge in [0.2, 0.25) is 0 Å². The number of likely N-dealkylation sites (tertiary alicyclic amines) is 1. The largest absolute Gasteiger partial charge is 0.380 e. The molecule has 0 spiro atoms. The normalized spacial score (nSPS) is 23.7. The van der Waals surface area contributed by atoms with Crippen molar-refractivity contribution in [2.24, 2.45) is 11.7 Å². The lowest BCUT2D eigenvalue weighted by molar-refractivity contribution is 0.0127. The predicted octanol–water partition coefficient (Wildman–Crippen LogP) is 1.55. The molecule has 4 nitrogen and oxygen atoms in total. The van der Waals surface area contributed by atoms with Crippen molar-refractivity contribution < 1.29 is 4.74 Å². The van der Waals surface area contributed by atoms with Gasteiger partial charge in [-0.1, -0.05) is 0 Å². The predicted molar refractivity (Wildman–Crippen MR) is 83.9 cm³/mol. The second-order valence-electron chi connectivity index (χ2n) is 7.00. The van der Waals surface area contributed by atoms with Crippen LogP contribution in [0.25, 0.3) is 0 Å². The zero-order chi connectivity index (χ0) is 14.6. The number of ether oxygens (including phenoxy) is 1. The SMILES string of the molecule is CC(C)N1CCC(CN)(N(C)CCOCC2CC2)CC1. The Balaban J connectivity index is 1.74. The molecule has 2 fully saturated rings. The van der Waals surface area contributed by atoms with E-state index in [-0.39, 0.29) is 5.54 Å². The van der Waals surface area contributed by atoms with E-state index in [1.165, 1.54) is 38.8 Å². The minimum absolute atomic E-state index is 0.189. The first-order chi connectivity index (χ1) is 9.57. The first-order valence-electron chi connectivity index (χ1n) is 8.30. The summed E-state index contributed by atoms with van der Waals surface area (Å²) in [6, 6.07) is 0.651. The molecule has 1 heterocycles. The van der Waals surface area contributed by atoms with E-state index in [1.54, 1.807) is 0 Å². The maximum atomic E-state index is 6.12. The van der Waals surface area contributed by atoms with Gasteiger partial charge in [-0.25, -0.2) is 0 Å². The zero-order valence-electron chi connectivity index (χ0n) is 13.6. The lowest BCUT2D eigenvalue weighted by atomic mass is 9.85. The van der Waals surface area contributed by atoms with Gasteiger partial charge in [-0.15, -0.1) is 0 Å². The average Bonchev–Trinajstić information content (AvgIpc) is 3.27. The summed E-state index contributed by atoms with van der Waals surface area (Å²) in [6.45, 7) is 10.5. The Morgan fingerprint density at radius 1 is 1.30 bits per heavy atom. The van der Waals surface area contributed by atoms with Crippen molar-refractivity contribution in [3.8, 4) is 0 Å². The molecule has 20 heavy (non-hydrogen) atoms. The zero-order valence-corrected chi connectivity index (χ0v) is 13.6. The molecule has 0 aromatic rings. The van der Waals surface area contributed by atoms with Crippen LogP contribution in [-0.2, 0) is 4.74 Å². The van der Waals surface area contributed by atoms with Gasteiger partial charge in [0.05, 0.1) is 6.61 Å². The lowest BCUT2D eigenvalue weighted by Gasteiger charge is -2.48. The van der Waals surface area contributed by atoms with E-state index in [0.29, 0.717) is 6.04 Å². The number of nitrogens with zero attached hydrogens (tertiary/aromatic N) is 2. The van der Waals surface area contributed by atoms with Crippen LogP contribution in [0.15, 0.2) is 0 Å². The van der Waals surface area contributed by atoms with Gasteiger partial charge in [-0.2, -0.15) is 0 Å². The fraction of sp³-hybridized carbons (Fsp3) is 1.00. The number of hydrogen-bond donors (Lipinski definition) is 1. The molecule has 1 saturated carbocycles. The molecule has 1 aliphatic carbocycles. The number of rotatable bonds is 8. The Kier molecular flexibility index (Phi) is 5.84. The second kappa shape index (κ2) is 7.21. The molecule has 0 aromatic heterocycles. The number of nitrogens with two attached hydrogens (primary N) is 1. The molecule has 118 valence electrons. The molecule has 2 N–H and O–H groups in total. The highest BCUT2D eigenvalue weighted by molar-refractivity contribution is 4.95. The van der Waals surface area contributed by atoms with Gasteiger partial charge in [-0.05, 0) is 52.5 Å². The van der Waals surface area contributed by atoms with Gasteiger partial charge < -0.3 is 15.4 Å². The first-order valence-corrected chi connectivity index (χ1v) is 8.30. The Morgan fingerprint density at radius 3 is 2.45 bits per heavy atom. The second-order valence-corrected chi connectivity index (χ2v) is 7.00. The van der Waals surface area contributed by atoms with Crippen LogP contribution in [0, 0.1) is 5.92 Å². The summed E-state index contributed by atoms with van der Waals surface area (Å²) < 4.78 is 5.77. The van der Waals surface area contributed by atoms with Crippen molar-refractivity contribution in [3.63, 3.8) is 0 Å². The van der Waals surface area contributed by atoms with Crippen LogP contribution in [0.2, 0.25) is 0 Å². The third-order valence-corrected chi connectivity index (χ3v) is 5.27. The van der Waals surface area contributed by atoms with Crippen molar-refractivity contribution in [2.45, 2.75) is 51.1 Å². The molecule has 1 saturated heterocycles. The fourth-order valence-corrected chi connectivity index (χ4v) is 3.17. The Labute approximate surface area is 124 Å². The maximum Gasteiger partial charge on any atom is 0.0593 e. The Morgan fingerprint density at radius 2 is 1.95 bits per heavy atom. The molecule has 1 aliphatic heterocycles. The maximum absolute atomic E-state index is 6.12. The van der Waals surface area contributed by atoms with Gasteiger partial charge in [0.1, 0.15) is 0 Å². The molecule has 2 aliphatic rings. The highest BCUT2D eigenvalue weighted by Gasteiger charge is 2.37. The monoisotopic (exact) mass is 283 g/mol. The van der Waals surface area contributed by atoms with E-state index in [4.69, 9.17) is 10.5 Å².